The number of ether oxygens (including phenoxy) is 1. The van der Waals surface area contributed by atoms with Crippen LogP contribution in [-0.2, 0) is 10.3 Å². The van der Waals surface area contributed by atoms with Gasteiger partial charge in [-0.3, -0.25) is 0 Å². The summed E-state index contributed by atoms with van der Waals surface area (Å²) in [6.45, 7) is 5.56. The Morgan fingerprint density at radius 2 is 2.53 bits per heavy atom. The van der Waals surface area contributed by atoms with Crippen LogP contribution >= 0.6 is 11.6 Å². The van der Waals surface area contributed by atoms with Crippen molar-refractivity contribution in [1.82, 2.24) is 9.97 Å². The molecule has 3 aliphatic heterocycles. The van der Waals surface area contributed by atoms with Gasteiger partial charge in [0.2, 0.25) is 5.28 Å². The maximum Gasteiger partial charge on any atom is 0.222 e. The maximum absolute atomic E-state index is 6.16. The van der Waals surface area contributed by atoms with Crippen molar-refractivity contribution in [2.24, 2.45) is 5.92 Å². The first-order chi connectivity index (χ1) is 9.23. The van der Waals surface area contributed by atoms with Crippen LogP contribution in [0, 0.1) is 5.92 Å². The van der Waals surface area contributed by atoms with Crippen LogP contribution in [0.3, 0.4) is 0 Å². The molecule has 0 unspecified atom stereocenters. The molecule has 4 nitrogen and oxygen atoms in total. The van der Waals surface area contributed by atoms with Gasteiger partial charge in [-0.25, -0.2) is 9.97 Å². The molecule has 3 atom stereocenters. The van der Waals surface area contributed by atoms with E-state index in [9.17, 15) is 0 Å². The van der Waals surface area contributed by atoms with Gasteiger partial charge in [0.1, 0.15) is 11.3 Å². The predicted molar refractivity (Wildman–Crippen MR) is 73.3 cm³/mol. The summed E-state index contributed by atoms with van der Waals surface area (Å²) in [7, 11) is 0. The third-order valence-corrected chi connectivity index (χ3v) is 4.45. The van der Waals surface area contributed by atoms with Crippen LogP contribution < -0.4 is 4.90 Å². The van der Waals surface area contributed by atoms with Crippen LogP contribution in [0.25, 0.3) is 0 Å². The Hall–Kier alpha value is -1.39. The van der Waals surface area contributed by atoms with E-state index in [1.54, 1.807) is 6.20 Å². The molecule has 5 heteroatoms. The lowest BCUT2D eigenvalue weighted by Gasteiger charge is -2.41. The van der Waals surface area contributed by atoms with Crippen LogP contribution in [-0.4, -0.2) is 29.2 Å². The van der Waals surface area contributed by atoms with Gasteiger partial charge in [-0.15, -0.1) is 6.58 Å². The second-order valence-electron chi connectivity index (χ2n) is 5.31. The summed E-state index contributed by atoms with van der Waals surface area (Å²) < 4.78 is 6.16. The van der Waals surface area contributed by atoms with Gasteiger partial charge in [-0.2, -0.15) is 0 Å². The highest BCUT2D eigenvalue weighted by Crippen LogP contribution is 2.54. The number of hydrogen-bond donors (Lipinski definition) is 0. The number of hydrogen-bond acceptors (Lipinski definition) is 4. The van der Waals surface area contributed by atoms with E-state index < -0.39 is 0 Å². The van der Waals surface area contributed by atoms with Gasteiger partial charge in [0.05, 0.1) is 18.0 Å². The third-order valence-electron chi connectivity index (χ3n) is 4.27. The van der Waals surface area contributed by atoms with Crippen LogP contribution in [0.4, 0.5) is 5.69 Å². The van der Waals surface area contributed by atoms with Crippen LogP contribution in [0.2, 0.25) is 5.28 Å². The number of rotatable bonds is 2. The molecule has 1 aromatic heterocycles. The third kappa shape index (κ3) is 1.44. The van der Waals surface area contributed by atoms with E-state index in [0.29, 0.717) is 5.92 Å². The van der Waals surface area contributed by atoms with Crippen molar-refractivity contribution in [3.05, 3.63) is 42.0 Å². The lowest BCUT2D eigenvalue weighted by Crippen LogP contribution is -2.46. The first-order valence-corrected chi connectivity index (χ1v) is 6.87. The molecule has 1 spiro atoms. The van der Waals surface area contributed by atoms with E-state index in [0.717, 1.165) is 30.9 Å². The van der Waals surface area contributed by atoms with Crippen molar-refractivity contribution < 1.29 is 4.74 Å². The smallest absolute Gasteiger partial charge is 0.222 e. The predicted octanol–water partition coefficient (Wildman–Crippen LogP) is 2.31. The summed E-state index contributed by atoms with van der Waals surface area (Å²) in [4.78, 5) is 10.8. The SMILES string of the molecule is C=CCN1C[C@H]2C[C@H]3C=C[C@@]2(O3)c2nc(Cl)ncc21. The van der Waals surface area contributed by atoms with E-state index in [1.165, 1.54) is 0 Å². The number of halogens is 1. The first-order valence-electron chi connectivity index (χ1n) is 6.49. The molecular weight excluding hydrogens is 262 g/mol. The lowest BCUT2D eigenvalue weighted by molar-refractivity contribution is 0.00368. The average Bonchev–Trinajstić information content (AvgIpc) is 2.97. The zero-order chi connectivity index (χ0) is 13.0. The fraction of sp³-hybridized carbons (Fsp3) is 0.429. The summed E-state index contributed by atoms with van der Waals surface area (Å²) in [5, 5.41) is 0.277. The normalized spacial score (nSPS) is 34.3. The molecule has 19 heavy (non-hydrogen) atoms. The molecule has 3 aliphatic rings. The quantitative estimate of drug-likeness (QED) is 0.613. The van der Waals surface area contributed by atoms with E-state index in [-0.39, 0.29) is 17.0 Å². The molecule has 0 amide bonds. The Balaban J connectivity index is 1.90. The number of fused-ring (bicyclic) bond motifs is 2. The van der Waals surface area contributed by atoms with Crippen LogP contribution in [0.5, 0.6) is 0 Å². The van der Waals surface area contributed by atoms with Gasteiger partial charge in [-0.05, 0) is 24.1 Å². The van der Waals surface area contributed by atoms with E-state index in [4.69, 9.17) is 16.3 Å². The van der Waals surface area contributed by atoms with Gasteiger partial charge in [0.15, 0.2) is 0 Å². The summed E-state index contributed by atoms with van der Waals surface area (Å²) in [6, 6.07) is 0. The highest BCUT2D eigenvalue weighted by Gasteiger charge is 2.56. The van der Waals surface area contributed by atoms with Crippen molar-refractivity contribution in [3.8, 4) is 0 Å². The van der Waals surface area contributed by atoms with Crippen LogP contribution in [0.15, 0.2) is 31.0 Å². The highest BCUT2D eigenvalue weighted by atomic mass is 35.5. The Kier molecular flexibility index (Phi) is 2.29. The Morgan fingerprint density at radius 3 is 3.32 bits per heavy atom. The van der Waals surface area contributed by atoms with Crippen molar-refractivity contribution >= 4 is 17.3 Å². The summed E-state index contributed by atoms with van der Waals surface area (Å²) in [5.74, 6) is 0.431. The van der Waals surface area contributed by atoms with Crippen molar-refractivity contribution in [1.29, 1.82) is 0 Å². The van der Waals surface area contributed by atoms with E-state index in [1.807, 2.05) is 6.08 Å². The fourth-order valence-corrected chi connectivity index (χ4v) is 3.63. The molecule has 4 heterocycles. The molecule has 4 rings (SSSR count). The molecule has 0 radical (unpaired) electrons. The zero-order valence-corrected chi connectivity index (χ0v) is 11.2. The number of nitrogens with zero attached hydrogens (tertiary/aromatic N) is 3. The molecular formula is C14H14ClN3O. The molecule has 1 saturated heterocycles. The molecule has 0 saturated carbocycles. The van der Waals surface area contributed by atoms with Gasteiger partial charge in [0.25, 0.3) is 0 Å². The summed E-state index contributed by atoms with van der Waals surface area (Å²) in [6.07, 6.45) is 9.25. The van der Waals surface area contributed by atoms with Crippen molar-refractivity contribution in [2.75, 3.05) is 18.0 Å². The van der Waals surface area contributed by atoms with Crippen molar-refractivity contribution in [3.63, 3.8) is 0 Å². The van der Waals surface area contributed by atoms with Gasteiger partial charge >= 0.3 is 0 Å². The Labute approximate surface area is 116 Å². The van der Waals surface area contributed by atoms with Gasteiger partial charge in [0, 0.05) is 19.0 Å². The average molecular weight is 276 g/mol. The summed E-state index contributed by atoms with van der Waals surface area (Å²) in [5.41, 5.74) is 1.53. The molecule has 0 aliphatic carbocycles. The second-order valence-corrected chi connectivity index (χ2v) is 5.65. The number of aromatic nitrogens is 2. The lowest BCUT2D eigenvalue weighted by atomic mass is 9.77. The van der Waals surface area contributed by atoms with Crippen molar-refractivity contribution in [2.45, 2.75) is 18.1 Å². The highest BCUT2D eigenvalue weighted by molar-refractivity contribution is 6.28. The minimum absolute atomic E-state index is 0.218. The largest absolute Gasteiger partial charge is 0.365 e. The van der Waals surface area contributed by atoms with Gasteiger partial charge < -0.3 is 9.64 Å². The number of anilines is 1. The fourth-order valence-electron chi connectivity index (χ4n) is 3.50. The van der Waals surface area contributed by atoms with Crippen LogP contribution in [0.1, 0.15) is 12.1 Å². The maximum atomic E-state index is 6.16. The topological polar surface area (TPSA) is 38.2 Å². The molecule has 0 N–H and O–H groups in total. The standard InChI is InChI=1S/C14H14ClN3O/c1-2-5-18-8-9-6-10-3-4-14(9,19-10)12-11(18)7-16-13(15)17-12/h2-4,7,9-10H,1,5-6,8H2/t9-,10-,14+/m1/s1. The Bertz CT molecular complexity index is 588. The molecule has 1 aromatic rings. The molecule has 98 valence electrons. The molecule has 1 fully saturated rings. The zero-order valence-electron chi connectivity index (χ0n) is 10.4. The van der Waals surface area contributed by atoms with E-state index in [2.05, 4.69) is 33.6 Å². The van der Waals surface area contributed by atoms with Gasteiger partial charge in [-0.1, -0.05) is 12.2 Å². The first kappa shape index (κ1) is 11.4. The monoisotopic (exact) mass is 275 g/mol. The minimum atomic E-state index is -0.385. The second kappa shape index (κ2) is 3.81. The molecule has 2 bridgehead atoms. The summed E-state index contributed by atoms with van der Waals surface area (Å²) >= 11 is 5.98. The Morgan fingerprint density at radius 1 is 1.63 bits per heavy atom. The van der Waals surface area contributed by atoms with E-state index >= 15 is 0 Å². The minimum Gasteiger partial charge on any atom is -0.365 e. The molecule has 0 aromatic carbocycles.